The first-order valence-electron chi connectivity index (χ1n) is 9.59. The SMILES string of the molecule is C#CCn1c(=NC(=O)c2cccc(OCCCCC)c2)sc2cc(OC)ccc21. The summed E-state index contributed by atoms with van der Waals surface area (Å²) in [6.45, 7) is 3.12. The monoisotopic (exact) mass is 408 g/mol. The third-order valence-corrected chi connectivity index (χ3v) is 5.48. The summed E-state index contributed by atoms with van der Waals surface area (Å²) in [6, 6.07) is 12.9. The van der Waals surface area contributed by atoms with Crippen molar-refractivity contribution in [2.45, 2.75) is 32.7 Å². The van der Waals surface area contributed by atoms with Gasteiger partial charge in [0.05, 0.1) is 30.5 Å². The van der Waals surface area contributed by atoms with Crippen LogP contribution in [0.25, 0.3) is 10.2 Å². The van der Waals surface area contributed by atoms with Gasteiger partial charge < -0.3 is 14.0 Å². The van der Waals surface area contributed by atoms with E-state index in [1.165, 1.54) is 11.3 Å². The number of carbonyl (C=O) groups is 1. The van der Waals surface area contributed by atoms with Crippen LogP contribution in [0.2, 0.25) is 0 Å². The molecule has 0 aliphatic rings. The maximum absolute atomic E-state index is 12.8. The fourth-order valence-electron chi connectivity index (χ4n) is 2.92. The minimum atomic E-state index is -0.326. The molecular weight excluding hydrogens is 384 g/mol. The molecule has 1 aromatic heterocycles. The second kappa shape index (κ2) is 9.94. The lowest BCUT2D eigenvalue weighted by Crippen LogP contribution is -2.16. The van der Waals surface area contributed by atoms with Gasteiger partial charge >= 0.3 is 0 Å². The summed E-state index contributed by atoms with van der Waals surface area (Å²) in [5, 5.41) is 0. The second-order valence-corrected chi connectivity index (χ2v) is 7.52. The normalized spacial score (nSPS) is 11.4. The zero-order chi connectivity index (χ0) is 20.6. The standard InChI is InChI=1S/C23H24N2O3S/c1-4-6-7-14-28-19-10-8-9-17(15-19)22(26)24-23-25(13-5-2)20-12-11-18(27-3)16-21(20)29-23/h2,8-12,15-16H,4,6-7,13-14H2,1,3H3. The lowest BCUT2D eigenvalue weighted by atomic mass is 10.2. The summed E-state index contributed by atoms with van der Waals surface area (Å²) >= 11 is 1.41. The zero-order valence-electron chi connectivity index (χ0n) is 16.7. The average Bonchev–Trinajstić information content (AvgIpc) is 3.08. The van der Waals surface area contributed by atoms with Crippen LogP contribution in [0.15, 0.2) is 47.5 Å². The van der Waals surface area contributed by atoms with Crippen molar-refractivity contribution >= 4 is 27.5 Å². The van der Waals surface area contributed by atoms with Crippen LogP contribution in [0.1, 0.15) is 36.5 Å². The maximum Gasteiger partial charge on any atom is 0.279 e. The molecule has 0 spiro atoms. The predicted molar refractivity (Wildman–Crippen MR) is 117 cm³/mol. The molecule has 5 nitrogen and oxygen atoms in total. The van der Waals surface area contributed by atoms with Crippen LogP contribution >= 0.6 is 11.3 Å². The van der Waals surface area contributed by atoms with Crippen molar-refractivity contribution in [2.24, 2.45) is 4.99 Å². The van der Waals surface area contributed by atoms with Gasteiger partial charge in [0.1, 0.15) is 11.5 Å². The van der Waals surface area contributed by atoms with Crippen LogP contribution in [-0.2, 0) is 6.54 Å². The molecule has 0 radical (unpaired) electrons. The summed E-state index contributed by atoms with van der Waals surface area (Å²) in [5.41, 5.74) is 1.41. The van der Waals surface area contributed by atoms with Crippen LogP contribution in [0.5, 0.6) is 11.5 Å². The highest BCUT2D eigenvalue weighted by molar-refractivity contribution is 7.16. The van der Waals surface area contributed by atoms with Crippen molar-refractivity contribution in [1.29, 1.82) is 0 Å². The predicted octanol–water partition coefficient (Wildman–Crippen LogP) is 4.65. The number of nitrogens with zero attached hydrogens (tertiary/aromatic N) is 2. The van der Waals surface area contributed by atoms with E-state index in [0.717, 1.165) is 35.2 Å². The highest BCUT2D eigenvalue weighted by Crippen LogP contribution is 2.23. The maximum atomic E-state index is 12.8. The molecule has 0 unspecified atom stereocenters. The average molecular weight is 409 g/mol. The van der Waals surface area contributed by atoms with Crippen molar-refractivity contribution in [3.8, 4) is 23.8 Å². The number of terminal acetylenes is 1. The summed E-state index contributed by atoms with van der Waals surface area (Å²) in [4.78, 5) is 17.7. The van der Waals surface area contributed by atoms with Gasteiger partial charge in [0, 0.05) is 5.56 Å². The molecule has 0 bridgehead atoms. The van der Waals surface area contributed by atoms with Crippen LogP contribution in [0.3, 0.4) is 0 Å². The minimum absolute atomic E-state index is 0.326. The van der Waals surface area contributed by atoms with Gasteiger partial charge in [-0.2, -0.15) is 4.99 Å². The summed E-state index contributed by atoms with van der Waals surface area (Å²) in [6.07, 6.45) is 8.79. The highest BCUT2D eigenvalue weighted by atomic mass is 32.1. The van der Waals surface area contributed by atoms with Gasteiger partial charge in [-0.15, -0.1) is 6.42 Å². The van der Waals surface area contributed by atoms with E-state index in [1.54, 1.807) is 19.2 Å². The summed E-state index contributed by atoms with van der Waals surface area (Å²) < 4.78 is 13.9. The second-order valence-electron chi connectivity index (χ2n) is 6.51. The molecule has 0 aliphatic carbocycles. The van der Waals surface area contributed by atoms with Crippen molar-refractivity contribution in [3.63, 3.8) is 0 Å². The van der Waals surface area contributed by atoms with E-state index < -0.39 is 0 Å². The van der Waals surface area contributed by atoms with E-state index in [1.807, 2.05) is 34.9 Å². The number of hydrogen-bond donors (Lipinski definition) is 0. The van der Waals surface area contributed by atoms with Crippen LogP contribution < -0.4 is 14.3 Å². The van der Waals surface area contributed by atoms with Crippen molar-refractivity contribution in [2.75, 3.05) is 13.7 Å². The topological polar surface area (TPSA) is 52.8 Å². The van der Waals surface area contributed by atoms with E-state index in [9.17, 15) is 4.79 Å². The number of carbonyl (C=O) groups excluding carboxylic acids is 1. The van der Waals surface area contributed by atoms with Crippen molar-refractivity contribution in [1.82, 2.24) is 4.57 Å². The van der Waals surface area contributed by atoms with Crippen molar-refractivity contribution < 1.29 is 14.3 Å². The van der Waals surface area contributed by atoms with E-state index >= 15 is 0 Å². The number of fused-ring (bicyclic) bond motifs is 1. The molecule has 3 aromatic rings. The largest absolute Gasteiger partial charge is 0.497 e. The zero-order valence-corrected chi connectivity index (χ0v) is 17.5. The summed E-state index contributed by atoms with van der Waals surface area (Å²) in [5.74, 6) is 3.74. The molecule has 29 heavy (non-hydrogen) atoms. The molecule has 0 fully saturated rings. The molecule has 1 amide bonds. The Morgan fingerprint density at radius 2 is 2.07 bits per heavy atom. The van der Waals surface area contributed by atoms with Gasteiger partial charge in [-0.3, -0.25) is 4.79 Å². The number of rotatable bonds is 8. The molecule has 2 aromatic carbocycles. The minimum Gasteiger partial charge on any atom is -0.497 e. The Hall–Kier alpha value is -3.04. The smallest absolute Gasteiger partial charge is 0.279 e. The Kier molecular flexibility index (Phi) is 7.09. The van der Waals surface area contributed by atoms with Crippen LogP contribution in [0.4, 0.5) is 0 Å². The first kappa shape index (κ1) is 20.7. The highest BCUT2D eigenvalue weighted by Gasteiger charge is 2.10. The Bertz CT molecular complexity index is 1110. The van der Waals surface area contributed by atoms with Crippen LogP contribution in [0, 0.1) is 12.3 Å². The van der Waals surface area contributed by atoms with Gasteiger partial charge in [-0.1, -0.05) is 43.1 Å². The van der Waals surface area contributed by atoms with E-state index in [-0.39, 0.29) is 5.91 Å². The molecule has 150 valence electrons. The fraction of sp³-hybridized carbons (Fsp3) is 0.304. The van der Waals surface area contributed by atoms with E-state index in [4.69, 9.17) is 15.9 Å². The summed E-state index contributed by atoms with van der Waals surface area (Å²) in [7, 11) is 1.62. The Morgan fingerprint density at radius 1 is 1.21 bits per heavy atom. The Balaban J connectivity index is 1.91. The van der Waals surface area contributed by atoms with Crippen LogP contribution in [-0.4, -0.2) is 24.2 Å². The lowest BCUT2D eigenvalue weighted by Gasteiger charge is -2.06. The molecule has 0 saturated carbocycles. The molecule has 0 N–H and O–H groups in total. The van der Waals surface area contributed by atoms with Crippen molar-refractivity contribution in [3.05, 3.63) is 52.8 Å². The van der Waals surface area contributed by atoms with Gasteiger partial charge in [-0.25, -0.2) is 0 Å². The first-order chi connectivity index (χ1) is 14.2. The number of aromatic nitrogens is 1. The Morgan fingerprint density at radius 3 is 2.83 bits per heavy atom. The van der Waals surface area contributed by atoms with E-state index in [2.05, 4.69) is 17.8 Å². The third kappa shape index (κ3) is 5.07. The van der Waals surface area contributed by atoms with Gasteiger partial charge in [-0.05, 0) is 42.8 Å². The number of amides is 1. The molecule has 3 rings (SSSR count). The molecular formula is C23H24N2O3S. The fourth-order valence-corrected chi connectivity index (χ4v) is 3.98. The van der Waals surface area contributed by atoms with E-state index in [0.29, 0.717) is 29.3 Å². The molecule has 6 heteroatoms. The van der Waals surface area contributed by atoms with Gasteiger partial charge in [0.2, 0.25) is 0 Å². The number of ether oxygens (including phenoxy) is 2. The quantitative estimate of drug-likeness (QED) is 0.403. The van der Waals surface area contributed by atoms with Gasteiger partial charge in [0.25, 0.3) is 5.91 Å². The number of methoxy groups -OCH3 is 1. The molecule has 1 heterocycles. The Labute approximate surface area is 174 Å². The molecule has 0 atom stereocenters. The first-order valence-corrected chi connectivity index (χ1v) is 10.4. The number of benzene rings is 2. The molecule has 0 aliphatic heterocycles. The third-order valence-electron chi connectivity index (χ3n) is 4.43. The number of unbranched alkanes of at least 4 members (excludes halogenated alkanes) is 2. The number of thiazole rings is 1. The number of hydrogen-bond acceptors (Lipinski definition) is 4. The molecule has 0 saturated heterocycles. The van der Waals surface area contributed by atoms with Gasteiger partial charge in [0.15, 0.2) is 4.80 Å². The lowest BCUT2D eigenvalue weighted by molar-refractivity contribution is 0.0997.